The van der Waals surface area contributed by atoms with E-state index in [1.54, 1.807) is 22.6 Å². The van der Waals surface area contributed by atoms with Crippen LogP contribution in [0.5, 0.6) is 5.75 Å². The molecule has 0 radical (unpaired) electrons. The highest BCUT2D eigenvalue weighted by atomic mass is 127. The molecule has 0 saturated heterocycles. The minimum absolute atomic E-state index is 0.0179. The SMILES string of the molecule is O=C1C(=O)c2ccc(O)cc2C(O)=C1I. The first kappa shape index (κ1) is 10.2. The van der Waals surface area contributed by atoms with Gasteiger partial charge in [0.25, 0.3) is 0 Å². The zero-order valence-corrected chi connectivity index (χ0v) is 9.48. The van der Waals surface area contributed by atoms with E-state index in [4.69, 9.17) is 0 Å². The lowest BCUT2D eigenvalue weighted by Crippen LogP contribution is -2.21. The van der Waals surface area contributed by atoms with Crippen molar-refractivity contribution in [2.75, 3.05) is 0 Å². The number of fused-ring (bicyclic) bond motifs is 1. The van der Waals surface area contributed by atoms with Crippen molar-refractivity contribution in [1.82, 2.24) is 0 Å². The largest absolute Gasteiger partial charge is 0.508 e. The van der Waals surface area contributed by atoms with Crippen LogP contribution in [0, 0.1) is 0 Å². The summed E-state index contributed by atoms with van der Waals surface area (Å²) in [6, 6.07) is 3.88. The van der Waals surface area contributed by atoms with Gasteiger partial charge >= 0.3 is 0 Å². The lowest BCUT2D eigenvalue weighted by molar-refractivity contribution is -0.111. The van der Waals surface area contributed by atoms with Crippen LogP contribution in [-0.4, -0.2) is 21.8 Å². The molecule has 0 atom stereocenters. The zero-order chi connectivity index (χ0) is 11.2. The number of hydrogen-bond donors (Lipinski definition) is 2. The molecular weight excluding hydrogens is 311 g/mol. The minimum Gasteiger partial charge on any atom is -0.508 e. The second-order valence-corrected chi connectivity index (χ2v) is 4.13. The third-order valence-electron chi connectivity index (χ3n) is 2.12. The number of carbonyl (C=O) groups excluding carboxylic acids is 2. The molecule has 0 bridgehead atoms. The quantitative estimate of drug-likeness (QED) is 0.565. The number of benzene rings is 1. The van der Waals surface area contributed by atoms with E-state index in [-0.39, 0.29) is 26.2 Å². The van der Waals surface area contributed by atoms with Crippen LogP contribution in [-0.2, 0) is 4.79 Å². The van der Waals surface area contributed by atoms with E-state index in [2.05, 4.69) is 0 Å². The molecule has 5 heteroatoms. The maximum atomic E-state index is 11.5. The first-order chi connectivity index (χ1) is 7.02. The summed E-state index contributed by atoms with van der Waals surface area (Å²) in [4.78, 5) is 22.8. The lowest BCUT2D eigenvalue weighted by atomic mass is 9.94. The molecule has 76 valence electrons. The van der Waals surface area contributed by atoms with Gasteiger partial charge in [-0.3, -0.25) is 9.59 Å². The number of hydrogen-bond acceptors (Lipinski definition) is 4. The Hall–Kier alpha value is -1.37. The molecule has 0 unspecified atom stereocenters. The molecule has 0 aromatic heterocycles. The Labute approximate surface area is 98.4 Å². The second-order valence-electron chi connectivity index (χ2n) is 3.05. The van der Waals surface area contributed by atoms with Crippen molar-refractivity contribution in [1.29, 1.82) is 0 Å². The number of Topliss-reactive ketones (excluding diaryl/α,β-unsaturated/α-hetero) is 2. The number of phenols is 1. The average Bonchev–Trinajstić information content (AvgIpc) is 2.23. The molecule has 0 amide bonds. The molecule has 0 spiro atoms. The van der Waals surface area contributed by atoms with Gasteiger partial charge < -0.3 is 10.2 Å². The first-order valence-electron chi connectivity index (χ1n) is 4.03. The van der Waals surface area contributed by atoms with Crippen molar-refractivity contribution in [2.45, 2.75) is 0 Å². The third kappa shape index (κ3) is 1.43. The van der Waals surface area contributed by atoms with Crippen LogP contribution in [0.3, 0.4) is 0 Å². The Morgan fingerprint density at radius 1 is 1.00 bits per heavy atom. The highest BCUT2D eigenvalue weighted by molar-refractivity contribution is 14.1. The fourth-order valence-electron chi connectivity index (χ4n) is 1.37. The van der Waals surface area contributed by atoms with Gasteiger partial charge in [0, 0.05) is 11.1 Å². The van der Waals surface area contributed by atoms with Crippen LogP contribution in [0.2, 0.25) is 0 Å². The summed E-state index contributed by atoms with van der Waals surface area (Å²) in [6.07, 6.45) is 0. The summed E-state index contributed by atoms with van der Waals surface area (Å²) in [5, 5.41) is 18.8. The summed E-state index contributed by atoms with van der Waals surface area (Å²) in [5.41, 5.74) is 0.319. The van der Waals surface area contributed by atoms with Crippen LogP contribution in [0.1, 0.15) is 15.9 Å². The molecule has 2 N–H and O–H groups in total. The number of aromatic hydroxyl groups is 1. The van der Waals surface area contributed by atoms with Gasteiger partial charge in [-0.1, -0.05) is 0 Å². The molecule has 0 fully saturated rings. The number of aliphatic hydroxyl groups excluding tert-OH is 1. The smallest absolute Gasteiger partial charge is 0.243 e. The van der Waals surface area contributed by atoms with Crippen LogP contribution >= 0.6 is 22.6 Å². The zero-order valence-electron chi connectivity index (χ0n) is 7.32. The topological polar surface area (TPSA) is 74.6 Å². The Morgan fingerprint density at radius 2 is 1.67 bits per heavy atom. The van der Waals surface area contributed by atoms with Crippen LogP contribution in [0.4, 0.5) is 0 Å². The van der Waals surface area contributed by atoms with E-state index < -0.39 is 11.6 Å². The summed E-state index contributed by atoms with van der Waals surface area (Å²) in [7, 11) is 0. The molecule has 1 aromatic rings. The van der Waals surface area contributed by atoms with Crippen LogP contribution in [0.25, 0.3) is 5.76 Å². The van der Waals surface area contributed by atoms with Gasteiger partial charge in [0.2, 0.25) is 11.6 Å². The number of phenolic OH excluding ortho intramolecular Hbond substituents is 1. The normalized spacial score (nSPS) is 15.5. The predicted molar refractivity (Wildman–Crippen MR) is 61.0 cm³/mol. The summed E-state index contributed by atoms with van der Waals surface area (Å²) >= 11 is 1.61. The highest BCUT2D eigenvalue weighted by Crippen LogP contribution is 2.32. The molecule has 0 aliphatic heterocycles. The summed E-state index contributed by atoms with van der Waals surface area (Å²) in [5.74, 6) is -1.70. The Kier molecular flexibility index (Phi) is 2.26. The Bertz CT molecular complexity index is 516. The fourth-order valence-corrected chi connectivity index (χ4v) is 1.91. The number of allylic oxidation sites excluding steroid dienone is 1. The molecule has 1 aromatic carbocycles. The molecule has 4 nitrogen and oxygen atoms in total. The van der Waals surface area contributed by atoms with E-state index in [0.29, 0.717) is 0 Å². The van der Waals surface area contributed by atoms with Crippen molar-refractivity contribution in [3.05, 3.63) is 32.9 Å². The standard InChI is InChI=1S/C10H5IO4/c11-7-8(13)6-3-4(12)1-2-5(6)9(14)10(7)15/h1-3,12-13H. The van der Waals surface area contributed by atoms with Crippen molar-refractivity contribution in [3.8, 4) is 5.75 Å². The van der Waals surface area contributed by atoms with Gasteiger partial charge in [0.15, 0.2) is 0 Å². The van der Waals surface area contributed by atoms with E-state index >= 15 is 0 Å². The number of rotatable bonds is 0. The Morgan fingerprint density at radius 3 is 2.33 bits per heavy atom. The van der Waals surface area contributed by atoms with Crippen molar-refractivity contribution in [2.24, 2.45) is 0 Å². The number of aliphatic hydroxyl groups is 1. The molecule has 1 aliphatic rings. The first-order valence-corrected chi connectivity index (χ1v) is 5.11. The van der Waals surface area contributed by atoms with E-state index in [0.717, 1.165) is 0 Å². The predicted octanol–water partition coefficient (Wildman–Crippen LogP) is 1.82. The molecule has 15 heavy (non-hydrogen) atoms. The average molecular weight is 316 g/mol. The van der Waals surface area contributed by atoms with Gasteiger partial charge in [-0.2, -0.15) is 0 Å². The number of carbonyl (C=O) groups is 2. The van der Waals surface area contributed by atoms with E-state index in [9.17, 15) is 19.8 Å². The highest BCUT2D eigenvalue weighted by Gasteiger charge is 2.31. The van der Waals surface area contributed by atoms with Crippen molar-refractivity contribution < 1.29 is 19.8 Å². The van der Waals surface area contributed by atoms with E-state index in [1.807, 2.05) is 0 Å². The monoisotopic (exact) mass is 316 g/mol. The fraction of sp³-hybridized carbons (Fsp3) is 0. The van der Waals surface area contributed by atoms with Gasteiger partial charge in [0.05, 0.1) is 0 Å². The van der Waals surface area contributed by atoms with Gasteiger partial charge in [-0.05, 0) is 40.8 Å². The van der Waals surface area contributed by atoms with Crippen LogP contribution < -0.4 is 0 Å². The molecule has 1 aliphatic carbocycles. The van der Waals surface area contributed by atoms with Crippen molar-refractivity contribution >= 4 is 39.9 Å². The van der Waals surface area contributed by atoms with Gasteiger partial charge in [-0.15, -0.1) is 0 Å². The third-order valence-corrected chi connectivity index (χ3v) is 3.12. The Balaban J connectivity index is 2.78. The molecule has 0 saturated carbocycles. The van der Waals surface area contributed by atoms with Gasteiger partial charge in [0.1, 0.15) is 15.1 Å². The molecular formula is C10H5IO4. The minimum atomic E-state index is -0.716. The maximum Gasteiger partial charge on any atom is 0.243 e. The molecule has 2 rings (SSSR count). The number of halogens is 1. The van der Waals surface area contributed by atoms with Gasteiger partial charge in [-0.25, -0.2) is 0 Å². The van der Waals surface area contributed by atoms with E-state index in [1.165, 1.54) is 18.2 Å². The maximum absolute atomic E-state index is 11.5. The van der Waals surface area contributed by atoms with Crippen LogP contribution in [0.15, 0.2) is 21.8 Å². The lowest BCUT2D eigenvalue weighted by Gasteiger charge is -2.14. The second kappa shape index (κ2) is 3.34. The summed E-state index contributed by atoms with van der Waals surface area (Å²) < 4.78 is -0.0179. The van der Waals surface area contributed by atoms with Crippen molar-refractivity contribution in [3.63, 3.8) is 0 Å². The molecule has 0 heterocycles. The summed E-state index contributed by atoms with van der Waals surface area (Å²) in [6.45, 7) is 0. The number of ketones is 2.